The molecule has 0 aliphatic carbocycles. The van der Waals surface area contributed by atoms with Crippen molar-refractivity contribution in [3.8, 4) is 0 Å². The van der Waals surface area contributed by atoms with Crippen molar-refractivity contribution < 1.29 is 9.59 Å². The number of halogens is 2. The Morgan fingerprint density at radius 3 is 2.16 bits per heavy atom. The zero-order chi connectivity index (χ0) is 22.2. The van der Waals surface area contributed by atoms with Gasteiger partial charge in [0.1, 0.15) is 6.04 Å². The first kappa shape index (κ1) is 22.9. The van der Waals surface area contributed by atoms with Crippen molar-refractivity contribution in [1.29, 1.82) is 0 Å². The summed E-state index contributed by atoms with van der Waals surface area (Å²) >= 11 is 12.3. The molecule has 0 aromatic heterocycles. The van der Waals surface area contributed by atoms with Gasteiger partial charge in [-0.05, 0) is 34.9 Å². The van der Waals surface area contributed by atoms with E-state index in [4.69, 9.17) is 23.2 Å². The second-order valence-electron chi connectivity index (χ2n) is 7.24. The third-order valence-electron chi connectivity index (χ3n) is 5.08. The molecule has 160 valence electrons. The highest BCUT2D eigenvalue weighted by atomic mass is 35.5. The van der Waals surface area contributed by atoms with Gasteiger partial charge in [0.05, 0.1) is 6.42 Å². The Morgan fingerprint density at radius 2 is 1.52 bits per heavy atom. The van der Waals surface area contributed by atoms with Crippen LogP contribution in [0.25, 0.3) is 0 Å². The van der Waals surface area contributed by atoms with E-state index in [1.165, 1.54) is 0 Å². The van der Waals surface area contributed by atoms with Gasteiger partial charge in [0.25, 0.3) is 0 Å². The predicted molar refractivity (Wildman–Crippen MR) is 125 cm³/mol. The average molecular weight is 455 g/mol. The van der Waals surface area contributed by atoms with Gasteiger partial charge in [0.2, 0.25) is 11.8 Å². The molecule has 0 heterocycles. The lowest BCUT2D eigenvalue weighted by Crippen LogP contribution is -2.50. The SMILES string of the molecule is CNC(=O)[C@H](Cc1ccccc1)N(Cc1ccc(Cl)cc1)C(=O)Cc1ccccc1Cl. The lowest BCUT2D eigenvalue weighted by molar-refractivity contribution is -0.140. The summed E-state index contributed by atoms with van der Waals surface area (Å²) in [6, 6.07) is 23.5. The molecule has 0 unspecified atom stereocenters. The van der Waals surface area contributed by atoms with Gasteiger partial charge in [-0.3, -0.25) is 9.59 Å². The number of amides is 2. The second kappa shape index (κ2) is 11.0. The minimum Gasteiger partial charge on any atom is -0.357 e. The van der Waals surface area contributed by atoms with Crippen molar-refractivity contribution in [2.45, 2.75) is 25.4 Å². The monoisotopic (exact) mass is 454 g/mol. The molecule has 0 spiro atoms. The van der Waals surface area contributed by atoms with Crippen LogP contribution in [0.3, 0.4) is 0 Å². The quantitative estimate of drug-likeness (QED) is 0.524. The molecule has 3 rings (SSSR count). The summed E-state index contributed by atoms with van der Waals surface area (Å²) in [6.07, 6.45) is 0.512. The van der Waals surface area contributed by atoms with Crippen LogP contribution in [0.1, 0.15) is 16.7 Å². The topological polar surface area (TPSA) is 49.4 Å². The van der Waals surface area contributed by atoms with Crippen molar-refractivity contribution in [2.75, 3.05) is 7.05 Å². The molecular weight excluding hydrogens is 431 g/mol. The normalized spacial score (nSPS) is 11.6. The number of nitrogens with one attached hydrogen (secondary N) is 1. The predicted octanol–water partition coefficient (Wildman–Crippen LogP) is 4.92. The highest BCUT2D eigenvalue weighted by Crippen LogP contribution is 2.20. The van der Waals surface area contributed by atoms with Crippen molar-refractivity contribution in [3.63, 3.8) is 0 Å². The van der Waals surface area contributed by atoms with Crippen LogP contribution >= 0.6 is 23.2 Å². The number of likely N-dealkylation sites (N-methyl/N-ethyl adjacent to an activating group) is 1. The highest BCUT2D eigenvalue weighted by molar-refractivity contribution is 6.31. The van der Waals surface area contributed by atoms with Crippen LogP contribution in [-0.4, -0.2) is 29.8 Å². The Bertz CT molecular complexity index is 1020. The average Bonchev–Trinajstić information content (AvgIpc) is 2.79. The third-order valence-corrected chi connectivity index (χ3v) is 5.70. The van der Waals surface area contributed by atoms with Crippen molar-refractivity contribution in [3.05, 3.63) is 106 Å². The third kappa shape index (κ3) is 6.33. The van der Waals surface area contributed by atoms with E-state index < -0.39 is 6.04 Å². The molecule has 2 amide bonds. The second-order valence-corrected chi connectivity index (χ2v) is 8.08. The smallest absolute Gasteiger partial charge is 0.242 e. The van der Waals surface area contributed by atoms with E-state index in [0.717, 1.165) is 16.7 Å². The molecule has 1 atom stereocenters. The van der Waals surface area contributed by atoms with Gasteiger partial charge in [-0.2, -0.15) is 0 Å². The van der Waals surface area contributed by atoms with Crippen LogP contribution in [0.4, 0.5) is 0 Å². The number of hydrogen-bond donors (Lipinski definition) is 1. The van der Waals surface area contributed by atoms with Crippen molar-refractivity contribution >= 4 is 35.0 Å². The molecule has 0 aliphatic heterocycles. The summed E-state index contributed by atoms with van der Waals surface area (Å²) in [5.74, 6) is -0.391. The molecule has 3 aromatic carbocycles. The summed E-state index contributed by atoms with van der Waals surface area (Å²) in [4.78, 5) is 27.9. The Morgan fingerprint density at radius 1 is 0.871 bits per heavy atom. The standard InChI is InChI=1S/C25H24Cl2N2O2/c1-28-25(31)23(15-18-7-3-2-4-8-18)29(17-19-11-13-21(26)14-12-19)24(30)16-20-9-5-6-10-22(20)27/h2-14,23H,15-17H2,1H3,(H,28,31)/t23-/m0/s1. The van der Waals surface area contributed by atoms with Crippen LogP contribution in [0.5, 0.6) is 0 Å². The van der Waals surface area contributed by atoms with Gasteiger partial charge in [0, 0.05) is 30.1 Å². The first-order valence-electron chi connectivity index (χ1n) is 10.0. The minimum absolute atomic E-state index is 0.107. The minimum atomic E-state index is -0.668. The van der Waals surface area contributed by atoms with Crippen LogP contribution < -0.4 is 5.32 Å². The summed E-state index contributed by atoms with van der Waals surface area (Å²) in [5.41, 5.74) is 2.59. The lowest BCUT2D eigenvalue weighted by Gasteiger charge is -2.31. The van der Waals surface area contributed by atoms with E-state index in [1.807, 2.05) is 60.7 Å². The number of carbonyl (C=O) groups excluding carboxylic acids is 2. The fourth-order valence-electron chi connectivity index (χ4n) is 3.41. The molecule has 1 N–H and O–H groups in total. The highest BCUT2D eigenvalue weighted by Gasteiger charge is 2.30. The van der Waals surface area contributed by atoms with Crippen molar-refractivity contribution in [1.82, 2.24) is 10.2 Å². The van der Waals surface area contributed by atoms with E-state index in [-0.39, 0.29) is 24.8 Å². The molecule has 0 saturated heterocycles. The van der Waals surface area contributed by atoms with Gasteiger partial charge in [-0.1, -0.05) is 83.9 Å². The number of hydrogen-bond acceptors (Lipinski definition) is 2. The molecule has 0 radical (unpaired) electrons. The lowest BCUT2D eigenvalue weighted by atomic mass is 10.0. The molecule has 0 saturated carbocycles. The summed E-state index contributed by atoms with van der Waals surface area (Å²) < 4.78 is 0. The fourth-order valence-corrected chi connectivity index (χ4v) is 3.74. The van der Waals surface area contributed by atoms with Crippen molar-refractivity contribution in [2.24, 2.45) is 0 Å². The number of benzene rings is 3. The van der Waals surface area contributed by atoms with E-state index in [0.29, 0.717) is 16.5 Å². The Kier molecular flexibility index (Phi) is 8.10. The van der Waals surface area contributed by atoms with Gasteiger partial charge in [-0.15, -0.1) is 0 Å². The van der Waals surface area contributed by atoms with Crippen LogP contribution in [0.15, 0.2) is 78.9 Å². The Labute approximate surface area is 192 Å². The molecule has 0 bridgehead atoms. The maximum Gasteiger partial charge on any atom is 0.242 e. The van der Waals surface area contributed by atoms with Crippen LogP contribution in [-0.2, 0) is 29.0 Å². The Hall–Kier alpha value is -2.82. The van der Waals surface area contributed by atoms with Crippen LogP contribution in [0, 0.1) is 0 Å². The molecule has 4 nitrogen and oxygen atoms in total. The van der Waals surface area contributed by atoms with Gasteiger partial charge in [0.15, 0.2) is 0 Å². The Balaban J connectivity index is 1.94. The molecule has 0 fully saturated rings. The van der Waals surface area contributed by atoms with Gasteiger partial charge >= 0.3 is 0 Å². The van der Waals surface area contributed by atoms with E-state index in [9.17, 15) is 9.59 Å². The first-order valence-corrected chi connectivity index (χ1v) is 10.8. The number of rotatable bonds is 8. The fraction of sp³-hybridized carbons (Fsp3) is 0.200. The van der Waals surface area contributed by atoms with E-state index in [2.05, 4.69) is 5.32 Å². The largest absolute Gasteiger partial charge is 0.357 e. The van der Waals surface area contributed by atoms with Gasteiger partial charge < -0.3 is 10.2 Å². The van der Waals surface area contributed by atoms with Crippen LogP contribution in [0.2, 0.25) is 10.0 Å². The number of nitrogens with zero attached hydrogens (tertiary/aromatic N) is 1. The number of carbonyl (C=O) groups is 2. The summed E-state index contributed by atoms with van der Waals surface area (Å²) in [6.45, 7) is 0.283. The molecule has 6 heteroatoms. The maximum atomic E-state index is 13.4. The first-order chi connectivity index (χ1) is 15.0. The molecule has 3 aromatic rings. The molecule has 0 aliphatic rings. The zero-order valence-corrected chi connectivity index (χ0v) is 18.7. The van der Waals surface area contributed by atoms with Gasteiger partial charge in [-0.25, -0.2) is 0 Å². The molecule has 31 heavy (non-hydrogen) atoms. The molecular formula is C25H24Cl2N2O2. The van der Waals surface area contributed by atoms with E-state index >= 15 is 0 Å². The summed E-state index contributed by atoms with van der Waals surface area (Å²) in [5, 5.41) is 3.86. The summed E-state index contributed by atoms with van der Waals surface area (Å²) in [7, 11) is 1.58. The van der Waals surface area contributed by atoms with E-state index in [1.54, 1.807) is 30.1 Å². The maximum absolute atomic E-state index is 13.4. The zero-order valence-electron chi connectivity index (χ0n) is 17.2.